The zero-order valence-corrected chi connectivity index (χ0v) is 25.7. The van der Waals surface area contributed by atoms with Gasteiger partial charge in [-0.3, -0.25) is 4.79 Å². The van der Waals surface area contributed by atoms with Crippen LogP contribution in [0.1, 0.15) is 101 Å². The highest BCUT2D eigenvalue weighted by molar-refractivity contribution is 7.07. The third-order valence-electron chi connectivity index (χ3n) is 7.36. The number of carbonyl (C=O) groups excluding carboxylic acids is 1. The predicted octanol–water partition coefficient (Wildman–Crippen LogP) is 8.66. The number of para-hydroxylation sites is 1. The van der Waals surface area contributed by atoms with Gasteiger partial charge in [-0.1, -0.05) is 113 Å². The molecule has 0 bridgehead atoms. The van der Waals surface area contributed by atoms with Gasteiger partial charge in [0, 0.05) is 12.5 Å². The molecule has 1 N–H and O–H groups in total. The lowest BCUT2D eigenvalue weighted by Gasteiger charge is -2.13. The minimum atomic E-state index is -0.0448. The number of hydrogen-bond donors (Lipinski definition) is 1. The Morgan fingerprint density at radius 3 is 2.20 bits per heavy atom. The number of thiazole rings is 1. The Labute approximate surface area is 245 Å². The molecule has 40 heavy (non-hydrogen) atoms. The Balaban J connectivity index is 1.40. The van der Waals surface area contributed by atoms with E-state index < -0.39 is 0 Å². The third kappa shape index (κ3) is 11.3. The molecular formula is C34H49N2O3S+. The number of ether oxygens (including phenoxy) is 2. The van der Waals surface area contributed by atoms with E-state index in [0.717, 1.165) is 29.8 Å². The minimum Gasteiger partial charge on any atom is -0.493 e. The molecule has 0 atom stereocenters. The molecule has 3 rings (SSSR count). The van der Waals surface area contributed by atoms with Gasteiger partial charge in [-0.25, -0.2) is 0 Å². The van der Waals surface area contributed by atoms with Crippen LogP contribution in [-0.2, 0) is 17.8 Å². The molecule has 2 aromatic carbocycles. The first-order valence-corrected chi connectivity index (χ1v) is 16.1. The number of hydrogen-bond acceptors (Lipinski definition) is 4. The molecule has 0 aliphatic heterocycles. The van der Waals surface area contributed by atoms with E-state index in [1.807, 2.05) is 36.4 Å². The number of methoxy groups -OCH3 is 1. The van der Waals surface area contributed by atoms with Crippen molar-refractivity contribution in [3.63, 3.8) is 0 Å². The number of amides is 1. The van der Waals surface area contributed by atoms with E-state index in [-0.39, 0.29) is 12.3 Å². The highest BCUT2D eigenvalue weighted by atomic mass is 32.1. The molecule has 0 saturated carbocycles. The molecule has 5 nitrogen and oxygen atoms in total. The van der Waals surface area contributed by atoms with Crippen molar-refractivity contribution in [2.75, 3.05) is 19.0 Å². The van der Waals surface area contributed by atoms with Gasteiger partial charge >= 0.3 is 0 Å². The summed E-state index contributed by atoms with van der Waals surface area (Å²) in [6.45, 7) is 5.76. The summed E-state index contributed by atoms with van der Waals surface area (Å²) in [7, 11) is 1.66. The molecule has 0 radical (unpaired) electrons. The first kappa shape index (κ1) is 31.7. The van der Waals surface area contributed by atoms with E-state index in [1.54, 1.807) is 18.4 Å². The standard InChI is InChI=1S/C34H48N2O3S/c1-4-5-6-7-8-9-10-11-12-13-14-17-22-39-33-23-29(20-21-32(33)38-3)24-34(37)35-31-19-16-15-18-30(31)25-36-27-40-26-28(36)2/h15-16,18-21,23,26-27H,4-14,17,22,24-25H2,1-3H3/p+1. The van der Waals surface area contributed by atoms with Crippen LogP contribution in [0.25, 0.3) is 0 Å². The molecule has 0 saturated heterocycles. The largest absolute Gasteiger partial charge is 0.493 e. The van der Waals surface area contributed by atoms with Gasteiger partial charge in [0.05, 0.1) is 31.2 Å². The Kier molecular flexibility index (Phi) is 14.6. The van der Waals surface area contributed by atoms with E-state index in [2.05, 4.69) is 40.7 Å². The summed E-state index contributed by atoms with van der Waals surface area (Å²) in [6, 6.07) is 13.8. The SMILES string of the molecule is CCCCCCCCCCCCCCOc1cc(CC(=O)Nc2ccccc2C[n+]2cscc2C)ccc1OC. The molecule has 1 heterocycles. The first-order chi connectivity index (χ1) is 19.6. The van der Waals surface area contributed by atoms with Gasteiger partial charge in [0.15, 0.2) is 23.7 Å². The molecule has 0 aliphatic carbocycles. The fraction of sp³-hybridized carbons (Fsp3) is 0.529. The summed E-state index contributed by atoms with van der Waals surface area (Å²) in [5, 5.41) is 5.24. The van der Waals surface area contributed by atoms with Crippen LogP contribution in [0, 0.1) is 6.92 Å². The van der Waals surface area contributed by atoms with Crippen molar-refractivity contribution in [3.8, 4) is 11.5 Å². The summed E-state index contributed by atoms with van der Waals surface area (Å²) in [5.74, 6) is 1.37. The van der Waals surface area contributed by atoms with Gasteiger partial charge in [0.1, 0.15) is 0 Å². The van der Waals surface area contributed by atoms with Crippen LogP contribution in [0.3, 0.4) is 0 Å². The summed E-state index contributed by atoms with van der Waals surface area (Å²) in [5.41, 5.74) is 6.15. The van der Waals surface area contributed by atoms with Crippen LogP contribution < -0.4 is 19.4 Å². The predicted molar refractivity (Wildman–Crippen MR) is 167 cm³/mol. The zero-order chi connectivity index (χ0) is 28.4. The molecule has 1 aromatic heterocycles. The van der Waals surface area contributed by atoms with Crippen LogP contribution in [0.2, 0.25) is 0 Å². The number of nitrogens with zero attached hydrogens (tertiary/aromatic N) is 1. The highest BCUT2D eigenvalue weighted by Crippen LogP contribution is 2.29. The second-order valence-electron chi connectivity index (χ2n) is 10.7. The monoisotopic (exact) mass is 565 g/mol. The Bertz CT molecular complexity index is 1140. The second kappa shape index (κ2) is 18.5. The van der Waals surface area contributed by atoms with Crippen LogP contribution in [0.4, 0.5) is 5.69 Å². The maximum absolute atomic E-state index is 13.0. The number of anilines is 1. The van der Waals surface area contributed by atoms with Crippen LogP contribution >= 0.6 is 11.3 Å². The highest BCUT2D eigenvalue weighted by Gasteiger charge is 2.14. The zero-order valence-electron chi connectivity index (χ0n) is 24.9. The minimum absolute atomic E-state index is 0.0448. The fourth-order valence-electron chi connectivity index (χ4n) is 4.93. The van der Waals surface area contributed by atoms with Crippen LogP contribution in [0.5, 0.6) is 11.5 Å². The topological polar surface area (TPSA) is 51.4 Å². The molecule has 0 fully saturated rings. The van der Waals surface area contributed by atoms with E-state index in [4.69, 9.17) is 9.47 Å². The number of aryl methyl sites for hydroxylation is 1. The fourth-order valence-corrected chi connectivity index (χ4v) is 5.71. The van der Waals surface area contributed by atoms with Gasteiger partial charge in [0.25, 0.3) is 0 Å². The number of rotatable bonds is 20. The van der Waals surface area contributed by atoms with E-state index in [0.29, 0.717) is 18.1 Å². The van der Waals surface area contributed by atoms with Crippen molar-refractivity contribution >= 4 is 22.9 Å². The summed E-state index contributed by atoms with van der Waals surface area (Å²) in [4.78, 5) is 13.0. The maximum atomic E-state index is 13.0. The van der Waals surface area contributed by atoms with Crippen molar-refractivity contribution < 1.29 is 18.8 Å². The summed E-state index contributed by atoms with van der Waals surface area (Å²) in [6.07, 6.45) is 16.1. The lowest BCUT2D eigenvalue weighted by atomic mass is 10.1. The van der Waals surface area contributed by atoms with Gasteiger partial charge in [-0.2, -0.15) is 4.57 Å². The molecule has 0 spiro atoms. The maximum Gasteiger partial charge on any atom is 0.228 e. The Morgan fingerprint density at radius 2 is 1.55 bits per heavy atom. The average Bonchev–Trinajstić information content (AvgIpc) is 3.36. The van der Waals surface area contributed by atoms with Crippen molar-refractivity contribution in [1.29, 1.82) is 0 Å². The number of benzene rings is 2. The molecule has 0 unspecified atom stereocenters. The Hall–Kier alpha value is -2.86. The van der Waals surface area contributed by atoms with Gasteiger partial charge in [0.2, 0.25) is 11.4 Å². The molecule has 1 amide bonds. The number of unbranched alkanes of at least 4 members (excludes halogenated alkanes) is 11. The van der Waals surface area contributed by atoms with E-state index in [9.17, 15) is 4.79 Å². The average molecular weight is 566 g/mol. The number of aromatic nitrogens is 1. The second-order valence-corrected chi connectivity index (χ2v) is 11.5. The number of nitrogens with one attached hydrogen (secondary N) is 1. The lowest BCUT2D eigenvalue weighted by molar-refractivity contribution is -0.689. The molecule has 3 aromatic rings. The van der Waals surface area contributed by atoms with Crippen molar-refractivity contribution in [1.82, 2.24) is 0 Å². The van der Waals surface area contributed by atoms with Crippen LogP contribution in [-0.4, -0.2) is 19.6 Å². The van der Waals surface area contributed by atoms with E-state index in [1.165, 1.54) is 76.3 Å². The molecular weight excluding hydrogens is 516 g/mol. The van der Waals surface area contributed by atoms with Crippen molar-refractivity contribution in [2.24, 2.45) is 0 Å². The normalized spacial score (nSPS) is 11.0. The molecule has 0 aliphatic rings. The molecule has 218 valence electrons. The van der Waals surface area contributed by atoms with Crippen LogP contribution in [0.15, 0.2) is 53.4 Å². The lowest BCUT2D eigenvalue weighted by Crippen LogP contribution is -2.34. The van der Waals surface area contributed by atoms with Crippen molar-refractivity contribution in [2.45, 2.75) is 104 Å². The Morgan fingerprint density at radius 1 is 0.875 bits per heavy atom. The van der Waals surface area contributed by atoms with Gasteiger partial charge < -0.3 is 14.8 Å². The quantitative estimate of drug-likeness (QED) is 0.110. The van der Waals surface area contributed by atoms with Gasteiger partial charge in [-0.15, -0.1) is 0 Å². The third-order valence-corrected chi connectivity index (χ3v) is 8.21. The van der Waals surface area contributed by atoms with E-state index >= 15 is 0 Å². The first-order valence-electron chi connectivity index (χ1n) is 15.2. The summed E-state index contributed by atoms with van der Waals surface area (Å²) < 4.78 is 13.8. The summed E-state index contributed by atoms with van der Waals surface area (Å²) >= 11 is 1.68. The smallest absolute Gasteiger partial charge is 0.228 e. The van der Waals surface area contributed by atoms with Gasteiger partial charge in [-0.05, 0) is 30.2 Å². The van der Waals surface area contributed by atoms with Crippen molar-refractivity contribution in [3.05, 3.63) is 70.2 Å². The number of carbonyl (C=O) groups is 1. The molecule has 6 heteroatoms.